The number of nitrogens with one attached hydrogen (secondary N) is 1. The molecule has 2 aromatic rings. The van der Waals surface area contributed by atoms with Crippen LogP contribution in [0.25, 0.3) is 10.2 Å². The Kier molecular flexibility index (Phi) is 5.24. The van der Waals surface area contributed by atoms with Gasteiger partial charge in [-0.1, -0.05) is 34.6 Å². The molecule has 0 saturated heterocycles. The monoisotopic (exact) mass is 375 g/mol. The molecule has 2 aromatic heterocycles. The summed E-state index contributed by atoms with van der Waals surface area (Å²) >= 11 is 1.65. The Hall–Kier alpha value is -1.69. The summed E-state index contributed by atoms with van der Waals surface area (Å²) in [6.45, 7) is 11.6. The van der Waals surface area contributed by atoms with Crippen molar-refractivity contribution in [2.45, 2.75) is 60.4 Å². The molecule has 1 aliphatic carbocycles. The Labute approximate surface area is 158 Å². The first-order valence-corrected chi connectivity index (χ1v) is 10.2. The standard InChI is InChI=1S/C20H29N3O2S/c1-12(2)9-21-16(24)10-23-11-22-18-17(19(23)25)14-7-6-13(20(3,4)5)8-15(14)26-18/h11-13H,6-10H2,1-5H3,(H,21,24)/t13-/m0/s1. The Balaban J connectivity index is 1.89. The number of rotatable bonds is 4. The van der Waals surface area contributed by atoms with E-state index in [4.69, 9.17) is 0 Å². The van der Waals surface area contributed by atoms with Gasteiger partial charge in [-0.25, -0.2) is 4.98 Å². The molecule has 0 aliphatic heterocycles. The van der Waals surface area contributed by atoms with Crippen molar-refractivity contribution in [1.29, 1.82) is 0 Å². The summed E-state index contributed by atoms with van der Waals surface area (Å²) in [4.78, 5) is 31.7. The van der Waals surface area contributed by atoms with Crippen LogP contribution < -0.4 is 10.9 Å². The zero-order valence-electron chi connectivity index (χ0n) is 16.4. The highest BCUT2D eigenvalue weighted by atomic mass is 32.1. The average molecular weight is 376 g/mol. The van der Waals surface area contributed by atoms with Crippen molar-refractivity contribution in [3.8, 4) is 0 Å². The largest absolute Gasteiger partial charge is 0.354 e. The predicted octanol–water partition coefficient (Wildman–Crippen LogP) is 3.38. The number of amides is 1. The number of aromatic nitrogens is 2. The molecule has 0 radical (unpaired) electrons. The van der Waals surface area contributed by atoms with Crippen LogP contribution in [0.4, 0.5) is 0 Å². The highest BCUT2D eigenvalue weighted by Crippen LogP contribution is 2.41. The van der Waals surface area contributed by atoms with E-state index in [2.05, 4.69) is 31.1 Å². The predicted molar refractivity (Wildman–Crippen MR) is 107 cm³/mol. The van der Waals surface area contributed by atoms with Gasteiger partial charge in [-0.05, 0) is 42.1 Å². The fourth-order valence-electron chi connectivity index (χ4n) is 3.58. The van der Waals surface area contributed by atoms with E-state index in [-0.39, 0.29) is 23.4 Å². The van der Waals surface area contributed by atoms with Gasteiger partial charge in [0, 0.05) is 11.4 Å². The Morgan fingerprint density at radius 2 is 2.15 bits per heavy atom. The topological polar surface area (TPSA) is 64.0 Å². The molecule has 0 aromatic carbocycles. The molecule has 0 bridgehead atoms. The Morgan fingerprint density at radius 1 is 1.42 bits per heavy atom. The lowest BCUT2D eigenvalue weighted by Gasteiger charge is -2.33. The van der Waals surface area contributed by atoms with Crippen LogP contribution in [0.5, 0.6) is 0 Å². The minimum absolute atomic E-state index is 0.0315. The molecule has 1 atom stereocenters. The van der Waals surface area contributed by atoms with E-state index >= 15 is 0 Å². The number of hydrogen-bond donors (Lipinski definition) is 1. The average Bonchev–Trinajstić information content (AvgIpc) is 2.93. The van der Waals surface area contributed by atoms with E-state index in [1.165, 1.54) is 21.3 Å². The lowest BCUT2D eigenvalue weighted by Crippen LogP contribution is -2.34. The number of carbonyl (C=O) groups excluding carboxylic acids is 1. The molecule has 0 fully saturated rings. The molecule has 2 heterocycles. The summed E-state index contributed by atoms with van der Waals surface area (Å²) in [5.41, 5.74) is 1.36. The lowest BCUT2D eigenvalue weighted by atomic mass is 9.72. The molecule has 6 heteroatoms. The second kappa shape index (κ2) is 7.14. The zero-order valence-corrected chi connectivity index (χ0v) is 17.2. The SMILES string of the molecule is CC(C)CNC(=O)Cn1cnc2sc3c(c2c1=O)CC[C@H](C(C)(C)C)C3. The van der Waals surface area contributed by atoms with Crippen molar-refractivity contribution < 1.29 is 4.79 Å². The first kappa shape index (κ1) is 19.1. The molecule has 0 unspecified atom stereocenters. The van der Waals surface area contributed by atoms with Gasteiger partial charge in [-0.2, -0.15) is 0 Å². The summed E-state index contributed by atoms with van der Waals surface area (Å²) in [5, 5.41) is 3.59. The number of aryl methyl sites for hydroxylation is 1. The summed E-state index contributed by atoms with van der Waals surface area (Å²) in [6, 6.07) is 0. The van der Waals surface area contributed by atoms with Gasteiger partial charge in [0.25, 0.3) is 5.56 Å². The number of nitrogens with zero attached hydrogens (tertiary/aromatic N) is 2. The number of carbonyl (C=O) groups is 1. The third-order valence-electron chi connectivity index (χ3n) is 5.28. The first-order chi connectivity index (χ1) is 12.2. The molecular formula is C20H29N3O2S. The molecule has 1 aliphatic rings. The fraction of sp³-hybridized carbons (Fsp3) is 0.650. The smallest absolute Gasteiger partial charge is 0.262 e. The summed E-state index contributed by atoms with van der Waals surface area (Å²) < 4.78 is 1.45. The van der Waals surface area contributed by atoms with Crippen molar-refractivity contribution in [1.82, 2.24) is 14.9 Å². The maximum absolute atomic E-state index is 13.0. The Bertz CT molecular complexity index is 874. The van der Waals surface area contributed by atoms with E-state index in [9.17, 15) is 9.59 Å². The third-order valence-corrected chi connectivity index (χ3v) is 6.44. The van der Waals surface area contributed by atoms with Gasteiger partial charge in [-0.3, -0.25) is 14.2 Å². The molecule has 0 saturated carbocycles. The van der Waals surface area contributed by atoms with E-state index in [0.717, 1.165) is 29.5 Å². The van der Waals surface area contributed by atoms with E-state index in [1.54, 1.807) is 11.3 Å². The summed E-state index contributed by atoms with van der Waals surface area (Å²) in [5.74, 6) is 0.877. The summed E-state index contributed by atoms with van der Waals surface area (Å²) in [7, 11) is 0. The fourth-order valence-corrected chi connectivity index (χ4v) is 4.84. The van der Waals surface area contributed by atoms with E-state index < -0.39 is 0 Å². The lowest BCUT2D eigenvalue weighted by molar-refractivity contribution is -0.121. The van der Waals surface area contributed by atoms with Crippen LogP contribution in [0, 0.1) is 17.3 Å². The second-order valence-electron chi connectivity index (χ2n) is 8.87. The number of fused-ring (bicyclic) bond motifs is 3. The normalized spacial score (nSPS) is 17.5. The van der Waals surface area contributed by atoms with Crippen LogP contribution in [-0.4, -0.2) is 22.0 Å². The molecule has 1 amide bonds. The van der Waals surface area contributed by atoms with E-state index in [0.29, 0.717) is 18.4 Å². The zero-order chi connectivity index (χ0) is 19.1. The molecule has 0 spiro atoms. The van der Waals surface area contributed by atoms with Gasteiger partial charge in [0.05, 0.1) is 11.7 Å². The highest BCUT2D eigenvalue weighted by Gasteiger charge is 2.31. The van der Waals surface area contributed by atoms with Crippen LogP contribution in [0.1, 0.15) is 51.5 Å². The van der Waals surface area contributed by atoms with Crippen LogP contribution in [0.2, 0.25) is 0 Å². The molecular weight excluding hydrogens is 346 g/mol. The van der Waals surface area contributed by atoms with Crippen LogP contribution in [-0.2, 0) is 24.2 Å². The molecule has 142 valence electrons. The van der Waals surface area contributed by atoms with Gasteiger partial charge in [0.2, 0.25) is 5.91 Å². The maximum Gasteiger partial charge on any atom is 0.262 e. The van der Waals surface area contributed by atoms with Crippen molar-refractivity contribution in [2.24, 2.45) is 17.3 Å². The van der Waals surface area contributed by atoms with Crippen molar-refractivity contribution in [3.63, 3.8) is 0 Å². The van der Waals surface area contributed by atoms with Gasteiger partial charge in [0.1, 0.15) is 11.4 Å². The van der Waals surface area contributed by atoms with Crippen LogP contribution >= 0.6 is 11.3 Å². The molecule has 26 heavy (non-hydrogen) atoms. The van der Waals surface area contributed by atoms with Crippen LogP contribution in [0.3, 0.4) is 0 Å². The van der Waals surface area contributed by atoms with Crippen molar-refractivity contribution in [3.05, 3.63) is 27.1 Å². The van der Waals surface area contributed by atoms with Gasteiger partial charge in [0.15, 0.2) is 0 Å². The quantitative estimate of drug-likeness (QED) is 0.891. The van der Waals surface area contributed by atoms with Crippen molar-refractivity contribution >= 4 is 27.5 Å². The maximum atomic E-state index is 13.0. The minimum Gasteiger partial charge on any atom is -0.354 e. The number of thiophene rings is 1. The summed E-state index contributed by atoms with van der Waals surface area (Å²) in [6.07, 6.45) is 4.57. The Morgan fingerprint density at radius 3 is 2.81 bits per heavy atom. The minimum atomic E-state index is -0.140. The molecule has 1 N–H and O–H groups in total. The second-order valence-corrected chi connectivity index (χ2v) is 9.95. The molecule has 5 nitrogen and oxygen atoms in total. The van der Waals surface area contributed by atoms with Crippen molar-refractivity contribution in [2.75, 3.05) is 6.54 Å². The van der Waals surface area contributed by atoms with E-state index in [1.807, 2.05) is 13.8 Å². The first-order valence-electron chi connectivity index (χ1n) is 9.43. The van der Waals surface area contributed by atoms with Gasteiger partial charge >= 0.3 is 0 Å². The third kappa shape index (κ3) is 3.85. The van der Waals surface area contributed by atoms with Gasteiger partial charge < -0.3 is 5.32 Å². The van der Waals surface area contributed by atoms with Crippen LogP contribution in [0.15, 0.2) is 11.1 Å². The molecule has 3 rings (SSSR count). The van der Waals surface area contributed by atoms with Gasteiger partial charge in [-0.15, -0.1) is 11.3 Å². The number of hydrogen-bond acceptors (Lipinski definition) is 4. The highest BCUT2D eigenvalue weighted by molar-refractivity contribution is 7.18.